The highest BCUT2D eigenvalue weighted by molar-refractivity contribution is 4.92. The van der Waals surface area contributed by atoms with Crippen LogP contribution in [-0.2, 0) is 0 Å². The first-order chi connectivity index (χ1) is 7.42. The molecule has 1 aliphatic carbocycles. The van der Waals surface area contributed by atoms with Gasteiger partial charge in [0.05, 0.1) is 0 Å². The fraction of sp³-hybridized carbons (Fsp3) is 1.00. The lowest BCUT2D eigenvalue weighted by atomic mass is 10.1. The first-order valence-electron chi connectivity index (χ1n) is 6.89. The van der Waals surface area contributed by atoms with Crippen LogP contribution in [0, 0.1) is 5.92 Å². The van der Waals surface area contributed by atoms with E-state index >= 15 is 0 Å². The lowest BCUT2D eigenvalue weighted by Crippen LogP contribution is -2.33. The maximum atomic E-state index is 3.60. The molecule has 2 nitrogen and oxygen atoms in total. The second-order valence-electron chi connectivity index (χ2n) is 5.76. The third-order valence-corrected chi connectivity index (χ3v) is 4.68. The minimum Gasteiger partial charge on any atom is -0.314 e. The topological polar surface area (TPSA) is 15.3 Å². The molecule has 0 aromatic carbocycles. The Hall–Kier alpha value is -0.0800. The zero-order valence-electron chi connectivity index (χ0n) is 9.75. The van der Waals surface area contributed by atoms with Crippen molar-refractivity contribution < 1.29 is 0 Å². The average Bonchev–Trinajstić information content (AvgIpc) is 2.93. The van der Waals surface area contributed by atoms with Crippen LogP contribution in [0.3, 0.4) is 0 Å². The second kappa shape index (κ2) is 4.42. The van der Waals surface area contributed by atoms with Gasteiger partial charge in [0.1, 0.15) is 0 Å². The van der Waals surface area contributed by atoms with Gasteiger partial charge in [0, 0.05) is 18.6 Å². The molecule has 0 radical (unpaired) electrons. The molecule has 0 aromatic rings. The van der Waals surface area contributed by atoms with Crippen molar-refractivity contribution in [2.75, 3.05) is 19.6 Å². The fourth-order valence-corrected chi connectivity index (χ4v) is 3.84. The number of piperidine rings is 1. The molecule has 3 atom stereocenters. The minimum absolute atomic E-state index is 0.852. The van der Waals surface area contributed by atoms with Crippen LogP contribution in [-0.4, -0.2) is 36.6 Å². The van der Waals surface area contributed by atoms with E-state index in [1.807, 2.05) is 0 Å². The van der Waals surface area contributed by atoms with Crippen LogP contribution in [0.4, 0.5) is 0 Å². The molecule has 2 aliphatic heterocycles. The summed E-state index contributed by atoms with van der Waals surface area (Å²) in [5.74, 6) is 1.07. The Labute approximate surface area is 93.4 Å². The van der Waals surface area contributed by atoms with Gasteiger partial charge in [-0.1, -0.05) is 0 Å². The Morgan fingerprint density at radius 3 is 2.87 bits per heavy atom. The normalized spacial score (nSPS) is 40.4. The predicted octanol–water partition coefficient (Wildman–Crippen LogP) is 2.00. The van der Waals surface area contributed by atoms with E-state index in [2.05, 4.69) is 10.2 Å². The monoisotopic (exact) mass is 208 g/mol. The van der Waals surface area contributed by atoms with E-state index < -0.39 is 0 Å². The van der Waals surface area contributed by atoms with Gasteiger partial charge in [-0.15, -0.1) is 0 Å². The standard InChI is InChI=1S/C13H24N2/c1-3-12(14-7-1)4-2-8-15-10-11-5-6-13(15)9-11/h11-14H,1-10H2. The van der Waals surface area contributed by atoms with Crippen LogP contribution in [0.25, 0.3) is 0 Å². The van der Waals surface area contributed by atoms with Crippen LogP contribution in [0.5, 0.6) is 0 Å². The van der Waals surface area contributed by atoms with Gasteiger partial charge in [-0.25, -0.2) is 0 Å². The Kier molecular flexibility index (Phi) is 2.98. The number of hydrogen-bond donors (Lipinski definition) is 1. The largest absolute Gasteiger partial charge is 0.314 e. The molecule has 3 fully saturated rings. The molecule has 0 aromatic heterocycles. The molecule has 2 saturated heterocycles. The summed E-state index contributed by atoms with van der Waals surface area (Å²) in [5, 5.41) is 3.60. The molecule has 1 N–H and O–H groups in total. The molecule has 0 spiro atoms. The molecule has 0 amide bonds. The summed E-state index contributed by atoms with van der Waals surface area (Å²) in [6, 6.07) is 1.83. The van der Waals surface area contributed by atoms with Crippen molar-refractivity contribution in [2.24, 2.45) is 5.92 Å². The van der Waals surface area contributed by atoms with Gasteiger partial charge in [-0.2, -0.15) is 0 Å². The van der Waals surface area contributed by atoms with E-state index in [1.165, 1.54) is 64.6 Å². The van der Waals surface area contributed by atoms with E-state index in [0.717, 1.165) is 18.0 Å². The Balaban J connectivity index is 1.36. The maximum Gasteiger partial charge on any atom is 0.00985 e. The SMILES string of the molecule is C1CNC(CCCN2CC3CCC2C3)C1. The van der Waals surface area contributed by atoms with E-state index in [1.54, 1.807) is 0 Å². The van der Waals surface area contributed by atoms with E-state index in [9.17, 15) is 0 Å². The molecule has 15 heavy (non-hydrogen) atoms. The highest BCUT2D eigenvalue weighted by Gasteiger charge is 2.37. The van der Waals surface area contributed by atoms with Crippen molar-refractivity contribution in [1.29, 1.82) is 0 Å². The van der Waals surface area contributed by atoms with Crippen molar-refractivity contribution in [2.45, 2.75) is 57.0 Å². The van der Waals surface area contributed by atoms with Crippen molar-refractivity contribution >= 4 is 0 Å². The number of hydrogen-bond acceptors (Lipinski definition) is 2. The number of fused-ring (bicyclic) bond motifs is 2. The van der Waals surface area contributed by atoms with Gasteiger partial charge in [0.2, 0.25) is 0 Å². The van der Waals surface area contributed by atoms with Crippen molar-refractivity contribution in [3.8, 4) is 0 Å². The molecule has 2 heterocycles. The molecule has 2 heteroatoms. The molecule has 3 aliphatic rings. The summed E-state index contributed by atoms with van der Waals surface area (Å²) in [7, 11) is 0. The Morgan fingerprint density at radius 2 is 2.20 bits per heavy atom. The molecule has 2 bridgehead atoms. The Bertz CT molecular complexity index is 211. The number of nitrogens with zero attached hydrogens (tertiary/aromatic N) is 1. The molecule has 86 valence electrons. The van der Waals surface area contributed by atoms with E-state index in [4.69, 9.17) is 0 Å². The highest BCUT2D eigenvalue weighted by atomic mass is 15.2. The highest BCUT2D eigenvalue weighted by Crippen LogP contribution is 2.37. The summed E-state index contributed by atoms with van der Waals surface area (Å²) in [6.07, 6.45) is 10.2. The summed E-state index contributed by atoms with van der Waals surface area (Å²) in [5.41, 5.74) is 0. The number of rotatable bonds is 4. The van der Waals surface area contributed by atoms with Gasteiger partial charge in [-0.05, 0) is 64.0 Å². The molecular weight excluding hydrogens is 184 g/mol. The quantitative estimate of drug-likeness (QED) is 0.760. The molecule has 3 unspecified atom stereocenters. The number of nitrogens with one attached hydrogen (secondary N) is 1. The van der Waals surface area contributed by atoms with Crippen LogP contribution in [0.15, 0.2) is 0 Å². The zero-order chi connectivity index (χ0) is 10.1. The van der Waals surface area contributed by atoms with Crippen molar-refractivity contribution in [3.05, 3.63) is 0 Å². The van der Waals surface area contributed by atoms with Crippen LogP contribution < -0.4 is 5.32 Å². The zero-order valence-corrected chi connectivity index (χ0v) is 9.75. The smallest absolute Gasteiger partial charge is 0.00985 e. The summed E-state index contributed by atoms with van der Waals surface area (Å²) >= 11 is 0. The summed E-state index contributed by atoms with van der Waals surface area (Å²) < 4.78 is 0. The summed E-state index contributed by atoms with van der Waals surface area (Å²) in [6.45, 7) is 4.06. The van der Waals surface area contributed by atoms with Crippen LogP contribution >= 0.6 is 0 Å². The minimum atomic E-state index is 0.852. The van der Waals surface area contributed by atoms with Crippen LogP contribution in [0.2, 0.25) is 0 Å². The first kappa shape index (κ1) is 10.1. The van der Waals surface area contributed by atoms with Gasteiger partial charge < -0.3 is 10.2 Å². The van der Waals surface area contributed by atoms with Crippen molar-refractivity contribution in [3.63, 3.8) is 0 Å². The molecule has 1 saturated carbocycles. The predicted molar refractivity (Wildman–Crippen MR) is 63.0 cm³/mol. The van der Waals surface area contributed by atoms with E-state index in [0.29, 0.717) is 0 Å². The van der Waals surface area contributed by atoms with Crippen LogP contribution in [0.1, 0.15) is 44.9 Å². The molecule has 3 rings (SSSR count). The van der Waals surface area contributed by atoms with Gasteiger partial charge in [-0.3, -0.25) is 0 Å². The van der Waals surface area contributed by atoms with Gasteiger partial charge in [0.15, 0.2) is 0 Å². The second-order valence-corrected chi connectivity index (χ2v) is 5.76. The third kappa shape index (κ3) is 2.21. The van der Waals surface area contributed by atoms with Gasteiger partial charge >= 0.3 is 0 Å². The fourth-order valence-electron chi connectivity index (χ4n) is 3.84. The average molecular weight is 208 g/mol. The lowest BCUT2D eigenvalue weighted by molar-refractivity contribution is 0.207. The molecular formula is C13H24N2. The van der Waals surface area contributed by atoms with Crippen molar-refractivity contribution in [1.82, 2.24) is 10.2 Å². The number of likely N-dealkylation sites (tertiary alicyclic amines) is 1. The maximum absolute atomic E-state index is 3.60. The van der Waals surface area contributed by atoms with E-state index in [-0.39, 0.29) is 0 Å². The Morgan fingerprint density at radius 1 is 1.20 bits per heavy atom. The summed E-state index contributed by atoms with van der Waals surface area (Å²) in [4.78, 5) is 2.77. The van der Waals surface area contributed by atoms with Gasteiger partial charge in [0.25, 0.3) is 0 Å². The first-order valence-corrected chi connectivity index (χ1v) is 6.89. The lowest BCUT2D eigenvalue weighted by Gasteiger charge is -2.27. The third-order valence-electron chi connectivity index (χ3n) is 4.68.